The van der Waals surface area contributed by atoms with Gasteiger partial charge in [-0.2, -0.15) is 0 Å². The van der Waals surface area contributed by atoms with Crippen LogP contribution in [-0.2, 0) is 18.2 Å². The van der Waals surface area contributed by atoms with Gasteiger partial charge >= 0.3 is 0 Å². The van der Waals surface area contributed by atoms with Gasteiger partial charge in [-0.15, -0.1) is 0 Å². The molecule has 0 radical (unpaired) electrons. The first-order valence-electron chi connectivity index (χ1n) is 4.01. The van der Waals surface area contributed by atoms with E-state index < -0.39 is 19.3 Å². The second-order valence-electron chi connectivity index (χ2n) is 3.17. The molecule has 1 N–H and O–H groups in total. The lowest BCUT2D eigenvalue weighted by molar-refractivity contribution is -0.116. The minimum absolute atomic E-state index is 0.157. The van der Waals surface area contributed by atoms with Gasteiger partial charge in [0.05, 0.1) is 4.90 Å². The molecule has 1 heterocycles. The van der Waals surface area contributed by atoms with Crippen LogP contribution in [0.25, 0.3) is 0 Å². The predicted octanol–water partition coefficient (Wildman–Crippen LogP) is 2.20. The maximum absolute atomic E-state index is 11.4. The van der Waals surface area contributed by atoms with E-state index in [2.05, 4.69) is 5.32 Å². The third-order valence-corrected chi connectivity index (χ3v) is 4.25. The number of fused-ring (bicyclic) bond motifs is 1. The predicted molar refractivity (Wildman–Crippen MR) is 61.5 cm³/mol. The second-order valence-corrected chi connectivity index (χ2v) is 7.07. The maximum atomic E-state index is 11.4. The van der Waals surface area contributed by atoms with Crippen LogP contribution in [0.5, 0.6) is 0 Å². The van der Waals surface area contributed by atoms with Crippen molar-refractivity contribution in [3.8, 4) is 0 Å². The molecular formula is C8H4Cl3NO3S. The second kappa shape index (κ2) is 3.50. The summed E-state index contributed by atoms with van der Waals surface area (Å²) in [5.74, 6) is -0.616. The van der Waals surface area contributed by atoms with Gasteiger partial charge in [-0.05, 0) is 18.2 Å². The van der Waals surface area contributed by atoms with E-state index in [1.165, 1.54) is 18.2 Å². The number of alkyl halides is 2. The van der Waals surface area contributed by atoms with Crippen LogP contribution in [0.2, 0.25) is 0 Å². The molecule has 0 aromatic heterocycles. The molecule has 1 aliphatic rings. The molecule has 8 heteroatoms. The fraction of sp³-hybridized carbons (Fsp3) is 0.125. The highest BCUT2D eigenvalue weighted by Crippen LogP contribution is 2.45. The van der Waals surface area contributed by atoms with E-state index in [0.29, 0.717) is 5.69 Å². The Balaban J connectivity index is 2.66. The minimum Gasteiger partial charge on any atom is -0.323 e. The lowest BCUT2D eigenvalue weighted by atomic mass is 10.1. The number of carbonyl (C=O) groups excluding carboxylic acids is 1. The quantitative estimate of drug-likeness (QED) is 0.639. The van der Waals surface area contributed by atoms with Crippen LogP contribution in [0, 0.1) is 0 Å². The van der Waals surface area contributed by atoms with Gasteiger partial charge in [0.15, 0.2) is 0 Å². The Morgan fingerprint density at radius 2 is 1.88 bits per heavy atom. The summed E-state index contributed by atoms with van der Waals surface area (Å²) >= 11 is 11.6. The zero-order chi connectivity index (χ0) is 12.1. The molecule has 0 unspecified atom stereocenters. The molecule has 0 saturated heterocycles. The molecule has 0 bridgehead atoms. The van der Waals surface area contributed by atoms with Crippen molar-refractivity contribution in [1.82, 2.24) is 0 Å². The number of carbonyl (C=O) groups is 1. The topological polar surface area (TPSA) is 63.2 Å². The van der Waals surface area contributed by atoms with E-state index in [9.17, 15) is 13.2 Å². The Morgan fingerprint density at radius 3 is 2.44 bits per heavy atom. The van der Waals surface area contributed by atoms with Crippen LogP contribution < -0.4 is 5.32 Å². The zero-order valence-electron chi connectivity index (χ0n) is 7.50. The average molecular weight is 301 g/mol. The van der Waals surface area contributed by atoms with E-state index in [1.807, 2.05) is 0 Å². The number of anilines is 1. The molecule has 0 aliphatic carbocycles. The van der Waals surface area contributed by atoms with E-state index >= 15 is 0 Å². The van der Waals surface area contributed by atoms with Gasteiger partial charge in [0.25, 0.3) is 15.0 Å². The van der Waals surface area contributed by atoms with Gasteiger partial charge in [0, 0.05) is 21.9 Å². The van der Waals surface area contributed by atoms with Gasteiger partial charge in [-0.1, -0.05) is 23.2 Å². The average Bonchev–Trinajstić information content (AvgIpc) is 2.37. The first kappa shape index (κ1) is 12.0. The lowest BCUT2D eigenvalue weighted by Crippen LogP contribution is -2.21. The van der Waals surface area contributed by atoms with Crippen molar-refractivity contribution in [1.29, 1.82) is 0 Å². The van der Waals surface area contributed by atoms with Gasteiger partial charge in [0.2, 0.25) is 4.33 Å². The van der Waals surface area contributed by atoms with Crippen molar-refractivity contribution < 1.29 is 13.2 Å². The van der Waals surface area contributed by atoms with Gasteiger partial charge in [-0.3, -0.25) is 4.79 Å². The third kappa shape index (κ3) is 1.78. The summed E-state index contributed by atoms with van der Waals surface area (Å²) in [6, 6.07) is 3.82. The molecule has 0 fully saturated rings. The van der Waals surface area contributed by atoms with Crippen molar-refractivity contribution in [2.24, 2.45) is 0 Å². The van der Waals surface area contributed by atoms with E-state index in [1.54, 1.807) is 0 Å². The highest BCUT2D eigenvalue weighted by molar-refractivity contribution is 8.13. The smallest absolute Gasteiger partial charge is 0.265 e. The Labute approximate surface area is 106 Å². The van der Waals surface area contributed by atoms with Crippen molar-refractivity contribution in [2.75, 3.05) is 5.32 Å². The summed E-state index contributed by atoms with van der Waals surface area (Å²) in [5, 5.41) is 2.43. The van der Waals surface area contributed by atoms with Gasteiger partial charge in [-0.25, -0.2) is 8.42 Å². The Kier molecular flexibility index (Phi) is 2.62. The van der Waals surface area contributed by atoms with Crippen LogP contribution in [0.3, 0.4) is 0 Å². The number of nitrogens with one attached hydrogen (secondary N) is 1. The first-order valence-corrected chi connectivity index (χ1v) is 7.08. The van der Waals surface area contributed by atoms with Gasteiger partial charge < -0.3 is 5.32 Å². The van der Waals surface area contributed by atoms with Crippen molar-refractivity contribution in [3.05, 3.63) is 23.8 Å². The van der Waals surface area contributed by atoms with Crippen molar-refractivity contribution in [3.63, 3.8) is 0 Å². The highest BCUT2D eigenvalue weighted by atomic mass is 35.7. The number of amides is 1. The summed E-state index contributed by atoms with van der Waals surface area (Å²) in [4.78, 5) is 11.2. The Morgan fingerprint density at radius 1 is 1.25 bits per heavy atom. The number of halogens is 3. The molecule has 1 aromatic rings. The normalized spacial score (nSPS) is 18.1. The van der Waals surface area contributed by atoms with E-state index in [4.69, 9.17) is 33.9 Å². The van der Waals surface area contributed by atoms with Crippen LogP contribution in [0.1, 0.15) is 5.56 Å². The SMILES string of the molecule is O=C1Nc2ccc(S(=O)(=O)Cl)cc2C1(Cl)Cl. The molecule has 16 heavy (non-hydrogen) atoms. The van der Waals surface area contributed by atoms with Gasteiger partial charge in [0.1, 0.15) is 0 Å². The molecule has 1 aliphatic heterocycles. The Bertz CT molecular complexity index is 582. The number of hydrogen-bond donors (Lipinski definition) is 1. The molecule has 1 amide bonds. The van der Waals surface area contributed by atoms with Crippen LogP contribution in [-0.4, -0.2) is 14.3 Å². The largest absolute Gasteiger partial charge is 0.323 e. The van der Waals surface area contributed by atoms with Crippen LogP contribution >= 0.6 is 33.9 Å². The molecule has 0 atom stereocenters. The fourth-order valence-electron chi connectivity index (χ4n) is 1.37. The summed E-state index contributed by atoms with van der Waals surface area (Å²) in [6.07, 6.45) is 0. The molecule has 0 spiro atoms. The van der Waals surface area contributed by atoms with Crippen molar-refractivity contribution in [2.45, 2.75) is 9.23 Å². The monoisotopic (exact) mass is 299 g/mol. The molecule has 1 aromatic carbocycles. The molecule has 0 saturated carbocycles. The minimum atomic E-state index is -3.88. The molecule has 4 nitrogen and oxygen atoms in total. The summed E-state index contributed by atoms with van der Waals surface area (Å²) < 4.78 is 20.4. The van der Waals surface area contributed by atoms with Crippen LogP contribution in [0.4, 0.5) is 5.69 Å². The molecule has 86 valence electrons. The zero-order valence-corrected chi connectivity index (χ0v) is 10.6. The number of hydrogen-bond acceptors (Lipinski definition) is 3. The van der Waals surface area contributed by atoms with E-state index in [0.717, 1.165) is 0 Å². The number of benzene rings is 1. The summed E-state index contributed by atoms with van der Waals surface area (Å²) in [7, 11) is 1.29. The summed E-state index contributed by atoms with van der Waals surface area (Å²) in [5.41, 5.74) is 0.557. The standard InChI is InChI=1S/C8H4Cl3NO3S/c9-8(10)5-3-4(16(11,14)15)1-2-6(5)12-7(8)13/h1-3H,(H,12,13). The Hall–Kier alpha value is -0.490. The van der Waals surface area contributed by atoms with Crippen molar-refractivity contribution >= 4 is 54.5 Å². The third-order valence-electron chi connectivity index (χ3n) is 2.14. The fourth-order valence-corrected chi connectivity index (χ4v) is 2.55. The number of rotatable bonds is 1. The summed E-state index contributed by atoms with van der Waals surface area (Å²) in [6.45, 7) is 0. The van der Waals surface area contributed by atoms with Crippen LogP contribution in [0.15, 0.2) is 23.1 Å². The van der Waals surface area contributed by atoms with E-state index in [-0.39, 0.29) is 10.5 Å². The highest BCUT2D eigenvalue weighted by Gasteiger charge is 2.44. The first-order chi connectivity index (χ1) is 7.23. The maximum Gasteiger partial charge on any atom is 0.265 e. The lowest BCUT2D eigenvalue weighted by Gasteiger charge is -2.09. The molecule has 2 rings (SSSR count). The molecular weight excluding hydrogens is 297 g/mol.